The summed E-state index contributed by atoms with van der Waals surface area (Å²) in [5.74, 6) is 0.244. The standard InChI is InChI=1S/C21H30N6O2/c1-17(18-8-10-19(11-9-18)27-16-22-15-24-27)25(2)21(29)23-12-6-14-26-13-5-3-4-7-20(26)28/h8-11,15-17H,3-7,12-14H2,1-2H3,(H,23,29). The number of nitrogens with zero attached hydrogens (tertiary/aromatic N) is 5. The Balaban J connectivity index is 1.44. The minimum absolute atomic E-state index is 0.0630. The van der Waals surface area contributed by atoms with Crippen LogP contribution in [0.2, 0.25) is 0 Å². The minimum atomic E-state index is -0.111. The molecule has 1 unspecified atom stereocenters. The van der Waals surface area contributed by atoms with E-state index in [-0.39, 0.29) is 18.0 Å². The zero-order valence-corrected chi connectivity index (χ0v) is 17.3. The molecule has 156 valence electrons. The van der Waals surface area contributed by atoms with E-state index in [1.807, 2.05) is 36.1 Å². The molecule has 8 heteroatoms. The molecule has 29 heavy (non-hydrogen) atoms. The summed E-state index contributed by atoms with van der Waals surface area (Å²) >= 11 is 0. The van der Waals surface area contributed by atoms with Crippen LogP contribution in [0.4, 0.5) is 4.79 Å². The Morgan fingerprint density at radius 1 is 1.24 bits per heavy atom. The highest BCUT2D eigenvalue weighted by atomic mass is 16.2. The van der Waals surface area contributed by atoms with Gasteiger partial charge in [0.25, 0.3) is 0 Å². The third kappa shape index (κ3) is 5.56. The van der Waals surface area contributed by atoms with Crippen LogP contribution in [0.5, 0.6) is 0 Å². The maximum absolute atomic E-state index is 12.5. The van der Waals surface area contributed by atoms with E-state index in [1.165, 1.54) is 6.33 Å². The smallest absolute Gasteiger partial charge is 0.317 e. The average molecular weight is 399 g/mol. The number of benzene rings is 1. The van der Waals surface area contributed by atoms with Gasteiger partial charge in [-0.05, 0) is 43.9 Å². The first-order valence-corrected chi connectivity index (χ1v) is 10.3. The number of rotatable bonds is 7. The van der Waals surface area contributed by atoms with Gasteiger partial charge in [-0.25, -0.2) is 14.5 Å². The van der Waals surface area contributed by atoms with Crippen LogP contribution in [0.1, 0.15) is 50.6 Å². The zero-order valence-electron chi connectivity index (χ0n) is 17.3. The Morgan fingerprint density at radius 2 is 2.03 bits per heavy atom. The van der Waals surface area contributed by atoms with E-state index in [1.54, 1.807) is 23.0 Å². The van der Waals surface area contributed by atoms with Gasteiger partial charge in [0.05, 0.1) is 11.7 Å². The van der Waals surface area contributed by atoms with Crippen LogP contribution >= 0.6 is 0 Å². The fourth-order valence-electron chi connectivity index (χ4n) is 3.51. The lowest BCUT2D eigenvalue weighted by molar-refractivity contribution is -0.130. The molecule has 1 aromatic heterocycles. The maximum Gasteiger partial charge on any atom is 0.317 e. The van der Waals surface area contributed by atoms with Gasteiger partial charge >= 0.3 is 6.03 Å². The van der Waals surface area contributed by atoms with Crippen molar-refractivity contribution in [3.05, 3.63) is 42.5 Å². The van der Waals surface area contributed by atoms with E-state index in [0.29, 0.717) is 19.5 Å². The van der Waals surface area contributed by atoms with E-state index in [2.05, 4.69) is 15.4 Å². The first-order chi connectivity index (χ1) is 14.1. The Hall–Kier alpha value is -2.90. The minimum Gasteiger partial charge on any atom is -0.343 e. The molecule has 1 aliphatic heterocycles. The van der Waals surface area contributed by atoms with E-state index in [9.17, 15) is 9.59 Å². The molecule has 1 atom stereocenters. The van der Waals surface area contributed by atoms with Crippen molar-refractivity contribution in [3.63, 3.8) is 0 Å². The molecule has 0 aliphatic carbocycles. The highest BCUT2D eigenvalue weighted by molar-refractivity contribution is 5.76. The van der Waals surface area contributed by atoms with Crippen molar-refractivity contribution >= 4 is 11.9 Å². The molecule has 0 saturated carbocycles. The number of aromatic nitrogens is 3. The van der Waals surface area contributed by atoms with E-state index >= 15 is 0 Å². The van der Waals surface area contributed by atoms with Crippen molar-refractivity contribution < 1.29 is 9.59 Å². The summed E-state index contributed by atoms with van der Waals surface area (Å²) in [6.45, 7) is 4.11. The molecule has 1 N–H and O–H groups in total. The lowest BCUT2D eigenvalue weighted by atomic mass is 10.1. The molecule has 0 radical (unpaired) electrons. The van der Waals surface area contributed by atoms with Gasteiger partial charge in [0, 0.05) is 33.1 Å². The van der Waals surface area contributed by atoms with E-state index in [4.69, 9.17) is 0 Å². The highest BCUT2D eigenvalue weighted by Crippen LogP contribution is 2.20. The third-order valence-electron chi connectivity index (χ3n) is 5.51. The van der Waals surface area contributed by atoms with Crippen molar-refractivity contribution in [2.45, 2.75) is 45.1 Å². The van der Waals surface area contributed by atoms with Crippen LogP contribution in [0, 0.1) is 0 Å². The predicted molar refractivity (Wildman–Crippen MR) is 111 cm³/mol. The monoisotopic (exact) mass is 398 g/mol. The number of hydrogen-bond donors (Lipinski definition) is 1. The second-order valence-corrected chi connectivity index (χ2v) is 7.50. The molecule has 3 amide bonds. The summed E-state index contributed by atoms with van der Waals surface area (Å²) < 4.78 is 1.69. The topological polar surface area (TPSA) is 83.4 Å². The molecule has 0 spiro atoms. The fraction of sp³-hybridized carbons (Fsp3) is 0.524. The third-order valence-corrected chi connectivity index (χ3v) is 5.51. The van der Waals surface area contributed by atoms with Crippen LogP contribution in [0.3, 0.4) is 0 Å². The Bertz CT molecular complexity index is 790. The molecule has 1 fully saturated rings. The second kappa shape index (κ2) is 10.0. The fourth-order valence-corrected chi connectivity index (χ4v) is 3.51. The molecule has 1 aliphatic rings. The van der Waals surface area contributed by atoms with Gasteiger partial charge in [0.1, 0.15) is 12.7 Å². The number of urea groups is 1. The normalized spacial score (nSPS) is 15.7. The van der Waals surface area contributed by atoms with Crippen molar-refractivity contribution in [1.29, 1.82) is 0 Å². The summed E-state index contributed by atoms with van der Waals surface area (Å²) in [7, 11) is 1.80. The largest absolute Gasteiger partial charge is 0.343 e. The molecule has 1 saturated heterocycles. The molecular formula is C21H30N6O2. The van der Waals surface area contributed by atoms with Gasteiger partial charge < -0.3 is 15.1 Å². The average Bonchev–Trinajstić information content (AvgIpc) is 3.20. The van der Waals surface area contributed by atoms with Crippen LogP contribution in [-0.2, 0) is 4.79 Å². The van der Waals surface area contributed by atoms with Crippen molar-refractivity contribution in [2.24, 2.45) is 0 Å². The second-order valence-electron chi connectivity index (χ2n) is 7.50. The number of likely N-dealkylation sites (tertiary alicyclic amines) is 1. The van der Waals surface area contributed by atoms with Crippen LogP contribution in [0.25, 0.3) is 5.69 Å². The lowest BCUT2D eigenvalue weighted by Gasteiger charge is -2.26. The van der Waals surface area contributed by atoms with Gasteiger partial charge in [-0.1, -0.05) is 18.6 Å². The quantitative estimate of drug-likeness (QED) is 0.727. The molecular weight excluding hydrogens is 368 g/mol. The number of hydrogen-bond acceptors (Lipinski definition) is 4. The van der Waals surface area contributed by atoms with E-state index < -0.39 is 0 Å². The molecule has 0 bridgehead atoms. The summed E-state index contributed by atoms with van der Waals surface area (Å²) in [5.41, 5.74) is 1.97. The van der Waals surface area contributed by atoms with Crippen molar-refractivity contribution in [1.82, 2.24) is 29.9 Å². The summed E-state index contributed by atoms with van der Waals surface area (Å²) in [6, 6.07) is 7.74. The number of carbonyl (C=O) groups is 2. The van der Waals surface area contributed by atoms with Crippen LogP contribution in [0.15, 0.2) is 36.9 Å². The Labute approximate surface area is 171 Å². The van der Waals surface area contributed by atoms with Crippen LogP contribution in [-0.4, -0.2) is 63.2 Å². The Kier molecular flexibility index (Phi) is 7.21. The first-order valence-electron chi connectivity index (χ1n) is 10.3. The summed E-state index contributed by atoms with van der Waals surface area (Å²) in [6.07, 6.45) is 7.77. The van der Waals surface area contributed by atoms with Gasteiger partial charge in [-0.15, -0.1) is 0 Å². The van der Waals surface area contributed by atoms with E-state index in [0.717, 1.165) is 43.5 Å². The van der Waals surface area contributed by atoms with Gasteiger partial charge in [0.15, 0.2) is 0 Å². The van der Waals surface area contributed by atoms with Crippen molar-refractivity contribution in [2.75, 3.05) is 26.7 Å². The SMILES string of the molecule is CC(c1ccc(-n2cncn2)cc1)N(C)C(=O)NCCCN1CCCCCC1=O. The number of nitrogens with one attached hydrogen (secondary N) is 1. The lowest BCUT2D eigenvalue weighted by Crippen LogP contribution is -2.40. The van der Waals surface area contributed by atoms with Crippen LogP contribution < -0.4 is 5.32 Å². The van der Waals surface area contributed by atoms with Gasteiger partial charge in [-0.3, -0.25) is 4.79 Å². The Morgan fingerprint density at radius 3 is 2.76 bits per heavy atom. The molecule has 1 aromatic carbocycles. The number of carbonyl (C=O) groups excluding carboxylic acids is 2. The molecule has 8 nitrogen and oxygen atoms in total. The first kappa shape index (κ1) is 20.8. The van der Waals surface area contributed by atoms with Gasteiger partial charge in [0.2, 0.25) is 5.91 Å². The summed E-state index contributed by atoms with van der Waals surface area (Å²) in [5, 5.41) is 7.08. The zero-order chi connectivity index (χ0) is 20.6. The number of amides is 3. The molecule has 2 heterocycles. The highest BCUT2D eigenvalue weighted by Gasteiger charge is 2.18. The van der Waals surface area contributed by atoms with Gasteiger partial charge in [-0.2, -0.15) is 5.10 Å². The maximum atomic E-state index is 12.5. The van der Waals surface area contributed by atoms with Crippen molar-refractivity contribution in [3.8, 4) is 5.69 Å². The molecule has 3 rings (SSSR count). The predicted octanol–water partition coefficient (Wildman–Crippen LogP) is 2.76. The summed E-state index contributed by atoms with van der Waals surface area (Å²) in [4.78, 5) is 32.1. The molecule has 2 aromatic rings.